The molecule has 1 saturated carbocycles. The van der Waals surface area contributed by atoms with Gasteiger partial charge in [-0.05, 0) is 12.8 Å². The average Bonchev–Trinajstić information content (AvgIpc) is 1.84. The smallest absolute Gasteiger partial charge is 0.306 e. The zero-order chi connectivity index (χ0) is 8.10. The van der Waals surface area contributed by atoms with Crippen LogP contribution in [0.1, 0.15) is 44.9 Å². The molecule has 1 aliphatic carbocycles. The van der Waals surface area contributed by atoms with Gasteiger partial charge in [0.15, 0.2) is 0 Å². The molecule has 0 aliphatic heterocycles. The standard InChI is InChI=1S/C9H16O2.Co/c10-9(11)8-6-4-2-1-3-5-7-8;/h8H,1-7H2,(H,10,11);. The van der Waals surface area contributed by atoms with Crippen LogP contribution >= 0.6 is 0 Å². The van der Waals surface area contributed by atoms with E-state index in [1.54, 1.807) is 0 Å². The number of carbonyl (C=O) groups is 1. The Hall–Kier alpha value is -0.0235. The van der Waals surface area contributed by atoms with Crippen LogP contribution in [0, 0.1) is 5.92 Å². The molecule has 0 spiro atoms. The Labute approximate surface area is 83.9 Å². The van der Waals surface area contributed by atoms with Crippen molar-refractivity contribution in [1.82, 2.24) is 0 Å². The molecule has 0 saturated heterocycles. The fourth-order valence-electron chi connectivity index (χ4n) is 1.70. The van der Waals surface area contributed by atoms with Gasteiger partial charge >= 0.3 is 5.97 Å². The summed E-state index contributed by atoms with van der Waals surface area (Å²) in [5.41, 5.74) is 0. The first-order valence-corrected chi connectivity index (χ1v) is 4.53. The van der Waals surface area contributed by atoms with E-state index in [-0.39, 0.29) is 22.7 Å². The van der Waals surface area contributed by atoms with Crippen LogP contribution in [-0.4, -0.2) is 11.1 Å². The molecule has 2 nitrogen and oxygen atoms in total. The van der Waals surface area contributed by atoms with Crippen molar-refractivity contribution in [2.24, 2.45) is 5.92 Å². The van der Waals surface area contributed by atoms with Crippen LogP contribution in [0.2, 0.25) is 0 Å². The number of hydrogen-bond donors (Lipinski definition) is 1. The van der Waals surface area contributed by atoms with E-state index in [2.05, 4.69) is 0 Å². The van der Waals surface area contributed by atoms with Gasteiger partial charge in [-0.3, -0.25) is 4.79 Å². The summed E-state index contributed by atoms with van der Waals surface area (Å²) >= 11 is 0. The number of carboxylic acid groups (broad SMARTS) is 1. The molecule has 73 valence electrons. The monoisotopic (exact) mass is 215 g/mol. The molecule has 1 radical (unpaired) electrons. The fraction of sp³-hybridized carbons (Fsp3) is 0.889. The van der Waals surface area contributed by atoms with E-state index in [1.807, 2.05) is 0 Å². The van der Waals surface area contributed by atoms with Crippen LogP contribution in [-0.2, 0) is 21.6 Å². The second kappa shape index (κ2) is 6.49. The third kappa shape index (κ3) is 4.12. The molecule has 0 bridgehead atoms. The van der Waals surface area contributed by atoms with Gasteiger partial charge in [-0.15, -0.1) is 0 Å². The molecule has 1 rings (SSSR count). The fourth-order valence-corrected chi connectivity index (χ4v) is 1.70. The van der Waals surface area contributed by atoms with Gasteiger partial charge < -0.3 is 5.11 Å². The van der Waals surface area contributed by atoms with Crippen LogP contribution in [0.4, 0.5) is 0 Å². The second-order valence-electron chi connectivity index (χ2n) is 3.38. The Bertz CT molecular complexity index is 128. The van der Waals surface area contributed by atoms with Crippen LogP contribution < -0.4 is 0 Å². The van der Waals surface area contributed by atoms with Gasteiger partial charge in [0.1, 0.15) is 0 Å². The van der Waals surface area contributed by atoms with Crippen molar-refractivity contribution in [3.8, 4) is 0 Å². The number of hydrogen-bond acceptors (Lipinski definition) is 1. The van der Waals surface area contributed by atoms with E-state index < -0.39 is 5.97 Å². The Balaban J connectivity index is 0.00000121. The molecule has 3 heteroatoms. The van der Waals surface area contributed by atoms with Crippen molar-refractivity contribution in [2.75, 3.05) is 0 Å². The molecular formula is C9H16CoO2. The Morgan fingerprint density at radius 1 is 1.00 bits per heavy atom. The van der Waals surface area contributed by atoms with Crippen molar-refractivity contribution in [3.63, 3.8) is 0 Å². The zero-order valence-electron chi connectivity index (χ0n) is 7.22. The molecule has 1 aliphatic rings. The molecule has 1 fully saturated rings. The summed E-state index contributed by atoms with van der Waals surface area (Å²) in [7, 11) is 0. The van der Waals surface area contributed by atoms with E-state index in [0.717, 1.165) is 25.7 Å². The van der Waals surface area contributed by atoms with E-state index in [1.165, 1.54) is 19.3 Å². The van der Waals surface area contributed by atoms with E-state index >= 15 is 0 Å². The molecule has 0 amide bonds. The number of aliphatic carboxylic acids is 1. The molecule has 0 aromatic carbocycles. The van der Waals surface area contributed by atoms with Crippen LogP contribution in [0.25, 0.3) is 0 Å². The topological polar surface area (TPSA) is 37.3 Å². The zero-order valence-corrected chi connectivity index (χ0v) is 8.26. The maximum absolute atomic E-state index is 10.6. The van der Waals surface area contributed by atoms with Gasteiger partial charge in [-0.2, -0.15) is 0 Å². The summed E-state index contributed by atoms with van der Waals surface area (Å²) in [5.74, 6) is -0.637. The van der Waals surface area contributed by atoms with Crippen molar-refractivity contribution in [2.45, 2.75) is 44.9 Å². The number of rotatable bonds is 1. The first kappa shape index (κ1) is 12.0. The number of carboxylic acids is 1. The molecule has 0 unspecified atom stereocenters. The predicted molar refractivity (Wildman–Crippen MR) is 43.4 cm³/mol. The Morgan fingerprint density at radius 3 is 1.83 bits per heavy atom. The van der Waals surface area contributed by atoms with E-state index in [0.29, 0.717) is 0 Å². The summed E-state index contributed by atoms with van der Waals surface area (Å²) in [6, 6.07) is 0. The van der Waals surface area contributed by atoms with Crippen LogP contribution in [0.3, 0.4) is 0 Å². The van der Waals surface area contributed by atoms with Gasteiger partial charge in [0, 0.05) is 16.8 Å². The normalized spacial score (nSPS) is 20.3. The molecule has 0 aromatic heterocycles. The largest absolute Gasteiger partial charge is 0.481 e. The summed E-state index contributed by atoms with van der Waals surface area (Å²) in [5, 5.41) is 8.76. The summed E-state index contributed by atoms with van der Waals surface area (Å²) in [6.07, 6.45) is 7.76. The Kier molecular flexibility index (Phi) is 6.48. The van der Waals surface area contributed by atoms with Crippen molar-refractivity contribution in [1.29, 1.82) is 0 Å². The SMILES string of the molecule is O=C(O)C1CCCCCCC1.[Co]. The predicted octanol–water partition coefficient (Wildman–Crippen LogP) is 2.43. The minimum Gasteiger partial charge on any atom is -0.481 e. The second-order valence-corrected chi connectivity index (χ2v) is 3.38. The quantitative estimate of drug-likeness (QED) is 0.729. The third-order valence-corrected chi connectivity index (χ3v) is 2.45. The molecular weight excluding hydrogens is 199 g/mol. The average molecular weight is 215 g/mol. The van der Waals surface area contributed by atoms with Crippen molar-refractivity contribution >= 4 is 5.97 Å². The molecule has 0 atom stereocenters. The van der Waals surface area contributed by atoms with E-state index in [4.69, 9.17) is 5.11 Å². The van der Waals surface area contributed by atoms with Crippen molar-refractivity contribution in [3.05, 3.63) is 0 Å². The maximum atomic E-state index is 10.6. The van der Waals surface area contributed by atoms with Gasteiger partial charge in [0.05, 0.1) is 5.92 Å². The van der Waals surface area contributed by atoms with Gasteiger partial charge in [0.2, 0.25) is 0 Å². The first-order chi connectivity index (χ1) is 5.30. The van der Waals surface area contributed by atoms with Gasteiger partial charge in [-0.25, -0.2) is 0 Å². The summed E-state index contributed by atoms with van der Waals surface area (Å²) < 4.78 is 0. The van der Waals surface area contributed by atoms with Crippen LogP contribution in [0.15, 0.2) is 0 Å². The van der Waals surface area contributed by atoms with E-state index in [9.17, 15) is 4.79 Å². The van der Waals surface area contributed by atoms with Crippen LogP contribution in [0.5, 0.6) is 0 Å². The molecule has 0 heterocycles. The summed E-state index contributed by atoms with van der Waals surface area (Å²) in [6.45, 7) is 0. The molecule has 12 heavy (non-hydrogen) atoms. The molecule has 1 N–H and O–H groups in total. The molecule has 0 aromatic rings. The minimum absolute atomic E-state index is 0. The first-order valence-electron chi connectivity index (χ1n) is 4.53. The van der Waals surface area contributed by atoms with Gasteiger partial charge in [0.25, 0.3) is 0 Å². The van der Waals surface area contributed by atoms with Crippen molar-refractivity contribution < 1.29 is 26.7 Å². The third-order valence-electron chi connectivity index (χ3n) is 2.45. The Morgan fingerprint density at radius 2 is 1.42 bits per heavy atom. The summed E-state index contributed by atoms with van der Waals surface area (Å²) in [4.78, 5) is 10.6. The maximum Gasteiger partial charge on any atom is 0.306 e. The van der Waals surface area contributed by atoms with Gasteiger partial charge in [-0.1, -0.05) is 32.1 Å². The minimum atomic E-state index is -0.591.